The average Bonchev–Trinajstić information content (AvgIpc) is 2.64. The second-order valence-electron chi connectivity index (χ2n) is 4.88. The van der Waals surface area contributed by atoms with E-state index in [0.717, 1.165) is 5.57 Å². The molecule has 3 aromatic carbocycles. The fourth-order valence-electron chi connectivity index (χ4n) is 2.03. The van der Waals surface area contributed by atoms with Gasteiger partial charge in [0.2, 0.25) is 0 Å². The van der Waals surface area contributed by atoms with E-state index in [-0.39, 0.29) is 0 Å². The SMILES string of the molecule is C=C(c1ccccc1)c1ccccc1.O=C(O)c1ccccc1. The minimum atomic E-state index is -0.879. The first kappa shape index (κ1) is 16.2. The fourth-order valence-corrected chi connectivity index (χ4v) is 2.03. The van der Waals surface area contributed by atoms with Crippen LogP contribution in [0, 0.1) is 0 Å². The van der Waals surface area contributed by atoms with E-state index >= 15 is 0 Å². The molecule has 2 nitrogen and oxygen atoms in total. The molecule has 0 unspecified atom stereocenters. The van der Waals surface area contributed by atoms with Gasteiger partial charge in [0.05, 0.1) is 5.56 Å². The Hall–Kier alpha value is -3.13. The molecule has 0 bridgehead atoms. The Morgan fingerprint density at radius 3 is 1.17 bits per heavy atom. The van der Waals surface area contributed by atoms with Crippen molar-refractivity contribution in [3.8, 4) is 0 Å². The maximum atomic E-state index is 10.2. The molecular weight excluding hydrogens is 284 g/mol. The summed E-state index contributed by atoms with van der Waals surface area (Å²) in [6.45, 7) is 4.10. The van der Waals surface area contributed by atoms with E-state index in [4.69, 9.17) is 5.11 Å². The number of aromatic carboxylic acids is 1. The molecule has 0 aliphatic carbocycles. The van der Waals surface area contributed by atoms with Gasteiger partial charge in [-0.15, -0.1) is 0 Å². The summed E-state index contributed by atoms with van der Waals surface area (Å²) in [5.41, 5.74) is 3.76. The summed E-state index contributed by atoms with van der Waals surface area (Å²) in [5, 5.41) is 8.38. The molecule has 0 aromatic heterocycles. The minimum Gasteiger partial charge on any atom is -0.478 e. The average molecular weight is 302 g/mol. The first-order valence-electron chi connectivity index (χ1n) is 7.26. The Kier molecular flexibility index (Phi) is 5.89. The molecule has 23 heavy (non-hydrogen) atoms. The standard InChI is InChI=1S/C14H12.C7H6O2/c1-12(13-8-4-2-5-9-13)14-10-6-3-7-11-14;8-7(9)6-4-2-1-3-5-6/h2-11H,1H2;1-5H,(H,8,9). The number of carbonyl (C=O) groups is 1. The van der Waals surface area contributed by atoms with Gasteiger partial charge in [-0.25, -0.2) is 4.79 Å². The predicted octanol–water partition coefficient (Wildman–Crippen LogP) is 5.13. The molecule has 0 saturated heterocycles. The van der Waals surface area contributed by atoms with Crippen molar-refractivity contribution < 1.29 is 9.90 Å². The number of rotatable bonds is 3. The van der Waals surface area contributed by atoms with Crippen molar-refractivity contribution in [2.45, 2.75) is 0 Å². The molecule has 0 amide bonds. The molecule has 0 atom stereocenters. The zero-order valence-corrected chi connectivity index (χ0v) is 12.7. The number of benzene rings is 3. The first-order chi connectivity index (χ1) is 11.2. The summed E-state index contributed by atoms with van der Waals surface area (Å²) < 4.78 is 0. The molecule has 0 aliphatic heterocycles. The summed E-state index contributed by atoms with van der Waals surface area (Å²) in [4.78, 5) is 10.2. The lowest BCUT2D eigenvalue weighted by Crippen LogP contribution is -1.93. The van der Waals surface area contributed by atoms with Gasteiger partial charge in [0.1, 0.15) is 0 Å². The quantitative estimate of drug-likeness (QED) is 0.728. The summed E-state index contributed by atoms with van der Waals surface area (Å²) >= 11 is 0. The van der Waals surface area contributed by atoms with E-state index in [0.29, 0.717) is 5.56 Å². The fraction of sp³-hybridized carbons (Fsp3) is 0. The van der Waals surface area contributed by atoms with Crippen LogP contribution in [0.4, 0.5) is 0 Å². The third-order valence-electron chi connectivity index (χ3n) is 3.27. The molecular formula is C21H18O2. The molecule has 0 fully saturated rings. The Labute approximate surface area is 136 Å². The molecule has 1 N–H and O–H groups in total. The van der Waals surface area contributed by atoms with Gasteiger partial charge in [-0.3, -0.25) is 0 Å². The van der Waals surface area contributed by atoms with Crippen LogP contribution in [0.25, 0.3) is 5.57 Å². The van der Waals surface area contributed by atoms with Crippen LogP contribution in [-0.4, -0.2) is 11.1 Å². The highest BCUT2D eigenvalue weighted by Crippen LogP contribution is 2.20. The van der Waals surface area contributed by atoms with E-state index in [9.17, 15) is 4.79 Å². The number of hydrogen-bond acceptors (Lipinski definition) is 1. The summed E-state index contributed by atoms with van der Waals surface area (Å²) in [7, 11) is 0. The molecule has 2 heteroatoms. The van der Waals surface area contributed by atoms with Crippen LogP contribution in [0.3, 0.4) is 0 Å². The zero-order valence-electron chi connectivity index (χ0n) is 12.7. The van der Waals surface area contributed by atoms with Crippen molar-refractivity contribution in [3.63, 3.8) is 0 Å². The predicted molar refractivity (Wildman–Crippen MR) is 94.4 cm³/mol. The molecule has 114 valence electrons. The van der Waals surface area contributed by atoms with E-state index in [1.54, 1.807) is 30.3 Å². The van der Waals surface area contributed by atoms with Crippen LogP contribution in [0.2, 0.25) is 0 Å². The number of carboxylic acids is 1. The first-order valence-corrected chi connectivity index (χ1v) is 7.26. The van der Waals surface area contributed by atoms with Crippen LogP contribution in [0.1, 0.15) is 21.5 Å². The van der Waals surface area contributed by atoms with Crippen molar-refractivity contribution in [1.29, 1.82) is 0 Å². The van der Waals surface area contributed by atoms with E-state index in [1.807, 2.05) is 36.4 Å². The maximum Gasteiger partial charge on any atom is 0.335 e. The molecule has 0 aliphatic rings. The summed E-state index contributed by atoms with van der Waals surface area (Å²) in [5.74, 6) is -0.879. The number of hydrogen-bond donors (Lipinski definition) is 1. The lowest BCUT2D eigenvalue weighted by atomic mass is 10.0. The molecule has 0 spiro atoms. The zero-order chi connectivity index (χ0) is 16.5. The van der Waals surface area contributed by atoms with Crippen molar-refractivity contribution in [3.05, 3.63) is 114 Å². The maximum absolute atomic E-state index is 10.2. The lowest BCUT2D eigenvalue weighted by Gasteiger charge is -2.04. The van der Waals surface area contributed by atoms with Gasteiger partial charge >= 0.3 is 5.97 Å². The highest BCUT2D eigenvalue weighted by atomic mass is 16.4. The minimum absolute atomic E-state index is 0.331. The topological polar surface area (TPSA) is 37.3 Å². The largest absolute Gasteiger partial charge is 0.478 e. The Morgan fingerprint density at radius 2 is 0.913 bits per heavy atom. The van der Waals surface area contributed by atoms with E-state index < -0.39 is 5.97 Å². The summed E-state index contributed by atoms with van der Waals surface area (Å²) in [6.07, 6.45) is 0. The highest BCUT2D eigenvalue weighted by Gasteiger charge is 1.99. The molecule has 0 heterocycles. The Balaban J connectivity index is 0.000000185. The van der Waals surface area contributed by atoms with Crippen LogP contribution >= 0.6 is 0 Å². The Bertz CT molecular complexity index is 706. The second kappa shape index (κ2) is 8.35. The van der Waals surface area contributed by atoms with E-state index in [1.165, 1.54) is 11.1 Å². The Morgan fingerprint density at radius 1 is 0.609 bits per heavy atom. The second-order valence-corrected chi connectivity index (χ2v) is 4.88. The van der Waals surface area contributed by atoms with Crippen LogP contribution < -0.4 is 0 Å². The normalized spacial score (nSPS) is 9.39. The third-order valence-corrected chi connectivity index (χ3v) is 3.27. The highest BCUT2D eigenvalue weighted by molar-refractivity contribution is 5.87. The van der Waals surface area contributed by atoms with Crippen LogP contribution in [0.15, 0.2) is 97.6 Å². The van der Waals surface area contributed by atoms with Gasteiger partial charge in [0.25, 0.3) is 0 Å². The number of carboxylic acid groups (broad SMARTS) is 1. The van der Waals surface area contributed by atoms with Gasteiger partial charge in [0, 0.05) is 0 Å². The van der Waals surface area contributed by atoms with Crippen LogP contribution in [-0.2, 0) is 0 Å². The van der Waals surface area contributed by atoms with Gasteiger partial charge in [-0.1, -0.05) is 85.4 Å². The van der Waals surface area contributed by atoms with Crippen molar-refractivity contribution in [1.82, 2.24) is 0 Å². The van der Waals surface area contributed by atoms with Crippen molar-refractivity contribution in [2.24, 2.45) is 0 Å². The molecule has 3 aromatic rings. The van der Waals surface area contributed by atoms with Gasteiger partial charge in [-0.2, -0.15) is 0 Å². The lowest BCUT2D eigenvalue weighted by molar-refractivity contribution is 0.0697. The molecule has 3 rings (SSSR count). The van der Waals surface area contributed by atoms with Crippen molar-refractivity contribution >= 4 is 11.5 Å². The molecule has 0 radical (unpaired) electrons. The van der Waals surface area contributed by atoms with Gasteiger partial charge in [-0.05, 0) is 28.8 Å². The molecule has 0 saturated carbocycles. The van der Waals surface area contributed by atoms with Gasteiger partial charge < -0.3 is 5.11 Å². The van der Waals surface area contributed by atoms with Crippen LogP contribution in [0.5, 0.6) is 0 Å². The smallest absolute Gasteiger partial charge is 0.335 e. The van der Waals surface area contributed by atoms with Crippen molar-refractivity contribution in [2.75, 3.05) is 0 Å². The van der Waals surface area contributed by atoms with Gasteiger partial charge in [0.15, 0.2) is 0 Å². The third kappa shape index (κ3) is 4.97. The monoisotopic (exact) mass is 302 g/mol. The summed E-state index contributed by atoms with van der Waals surface area (Å²) in [6, 6.07) is 28.8. The van der Waals surface area contributed by atoms with E-state index in [2.05, 4.69) is 30.8 Å².